The van der Waals surface area contributed by atoms with E-state index in [4.69, 9.17) is 11.6 Å². The lowest BCUT2D eigenvalue weighted by atomic mass is 10.4. The van der Waals surface area contributed by atoms with Gasteiger partial charge in [0.25, 0.3) is 0 Å². The van der Waals surface area contributed by atoms with Crippen molar-refractivity contribution in [2.45, 2.75) is 0 Å². The zero-order valence-corrected chi connectivity index (χ0v) is 9.66. The Hall–Kier alpha value is -1.52. The molecule has 3 nitrogen and oxygen atoms in total. The predicted molar refractivity (Wildman–Crippen MR) is 65.2 cm³/mol. The van der Waals surface area contributed by atoms with Crippen molar-refractivity contribution in [1.82, 2.24) is 9.38 Å². The van der Waals surface area contributed by atoms with Gasteiger partial charge >= 0.3 is 0 Å². The van der Waals surface area contributed by atoms with Gasteiger partial charge in [-0.05, 0) is 17.5 Å². The van der Waals surface area contributed by atoms with Crippen LogP contribution in [0.25, 0.3) is 16.2 Å². The van der Waals surface area contributed by atoms with Crippen LogP contribution in [0.2, 0.25) is 5.15 Å². The maximum atomic E-state index is 9.40. The largest absolute Gasteiger partial charge is 0.508 e. The van der Waals surface area contributed by atoms with E-state index in [2.05, 4.69) is 4.98 Å². The van der Waals surface area contributed by atoms with Crippen LogP contribution in [-0.4, -0.2) is 14.5 Å². The van der Waals surface area contributed by atoms with Gasteiger partial charge in [0.2, 0.25) is 0 Å². The molecule has 5 heteroatoms. The average Bonchev–Trinajstić information content (AvgIpc) is 2.87. The number of pyridine rings is 1. The number of thiophene rings is 1. The topological polar surface area (TPSA) is 37.5 Å². The molecule has 1 N–H and O–H groups in total. The lowest BCUT2D eigenvalue weighted by Crippen LogP contribution is -1.85. The van der Waals surface area contributed by atoms with Crippen LogP contribution >= 0.6 is 22.9 Å². The molecule has 0 aromatic carbocycles. The van der Waals surface area contributed by atoms with Crippen LogP contribution in [-0.2, 0) is 0 Å². The first-order chi connectivity index (χ1) is 7.75. The molecule has 0 radical (unpaired) electrons. The van der Waals surface area contributed by atoms with E-state index in [1.165, 1.54) is 0 Å². The van der Waals surface area contributed by atoms with Gasteiger partial charge in [-0.3, -0.25) is 4.40 Å². The molecule has 0 amide bonds. The number of halogens is 1. The summed E-state index contributed by atoms with van der Waals surface area (Å²) in [6.07, 6.45) is 1.76. The van der Waals surface area contributed by atoms with Crippen LogP contribution in [0.15, 0.2) is 35.8 Å². The Bertz CT molecular complexity index is 645. The number of fused-ring (bicyclic) bond motifs is 1. The van der Waals surface area contributed by atoms with Crippen molar-refractivity contribution >= 4 is 28.5 Å². The molecule has 0 spiro atoms. The molecule has 3 rings (SSSR count). The Morgan fingerprint density at radius 3 is 3.00 bits per heavy atom. The van der Waals surface area contributed by atoms with Gasteiger partial charge in [-0.2, -0.15) is 0 Å². The molecule has 3 aromatic rings. The number of nitrogens with zero attached hydrogens (tertiary/aromatic N) is 2. The molecule has 0 fully saturated rings. The molecule has 0 atom stereocenters. The quantitative estimate of drug-likeness (QED) is 0.719. The van der Waals surface area contributed by atoms with Gasteiger partial charge in [-0.25, -0.2) is 4.98 Å². The molecular formula is C11H7ClN2OS. The Balaban J connectivity index is 2.35. The van der Waals surface area contributed by atoms with E-state index in [1.54, 1.807) is 29.7 Å². The molecule has 16 heavy (non-hydrogen) atoms. The molecule has 0 aliphatic rings. The highest BCUT2D eigenvalue weighted by molar-refractivity contribution is 7.13. The molecule has 0 bridgehead atoms. The minimum Gasteiger partial charge on any atom is -0.508 e. The Morgan fingerprint density at radius 2 is 2.25 bits per heavy atom. The van der Waals surface area contributed by atoms with E-state index in [0.717, 1.165) is 10.7 Å². The summed E-state index contributed by atoms with van der Waals surface area (Å²) in [4.78, 5) is 5.35. The summed E-state index contributed by atoms with van der Waals surface area (Å²) in [6.45, 7) is 0. The fraction of sp³-hybridized carbons (Fsp3) is 0. The van der Waals surface area contributed by atoms with E-state index in [0.29, 0.717) is 10.7 Å². The fourth-order valence-corrected chi connectivity index (χ4v) is 2.55. The van der Waals surface area contributed by atoms with E-state index in [-0.39, 0.29) is 5.75 Å². The monoisotopic (exact) mass is 250 g/mol. The van der Waals surface area contributed by atoms with Crippen molar-refractivity contribution in [1.29, 1.82) is 0 Å². The van der Waals surface area contributed by atoms with Gasteiger partial charge in [0.05, 0.1) is 10.4 Å². The highest BCUT2D eigenvalue weighted by Gasteiger charge is 2.11. The molecule has 0 aliphatic carbocycles. The lowest BCUT2D eigenvalue weighted by molar-refractivity contribution is 0.475. The highest BCUT2D eigenvalue weighted by atomic mass is 35.5. The van der Waals surface area contributed by atoms with Gasteiger partial charge in [-0.15, -0.1) is 11.3 Å². The zero-order chi connectivity index (χ0) is 11.1. The summed E-state index contributed by atoms with van der Waals surface area (Å²) in [5.74, 6) is 0.988. The van der Waals surface area contributed by atoms with Crippen molar-refractivity contribution in [3.05, 3.63) is 41.0 Å². The van der Waals surface area contributed by atoms with Crippen molar-refractivity contribution in [2.75, 3.05) is 0 Å². The summed E-state index contributed by atoms with van der Waals surface area (Å²) in [7, 11) is 0. The molecule has 0 aliphatic heterocycles. The second kappa shape index (κ2) is 3.50. The minimum atomic E-state index is 0.187. The van der Waals surface area contributed by atoms with Gasteiger partial charge < -0.3 is 5.11 Å². The molecule has 0 saturated heterocycles. The number of rotatable bonds is 1. The summed E-state index contributed by atoms with van der Waals surface area (Å²) < 4.78 is 1.87. The third-order valence-electron chi connectivity index (χ3n) is 2.32. The maximum Gasteiger partial charge on any atom is 0.156 e. The second-order valence-electron chi connectivity index (χ2n) is 3.34. The van der Waals surface area contributed by atoms with Crippen molar-refractivity contribution in [3.8, 4) is 16.5 Å². The average molecular weight is 251 g/mol. The van der Waals surface area contributed by atoms with Crippen LogP contribution < -0.4 is 0 Å². The minimum absolute atomic E-state index is 0.187. The predicted octanol–water partition coefficient (Wildman–Crippen LogP) is 3.42. The smallest absolute Gasteiger partial charge is 0.156 e. The summed E-state index contributed by atoms with van der Waals surface area (Å²) in [5, 5.41) is 11.8. The third kappa shape index (κ3) is 1.38. The molecule has 0 saturated carbocycles. The Morgan fingerprint density at radius 1 is 1.38 bits per heavy atom. The maximum absolute atomic E-state index is 9.40. The fourth-order valence-electron chi connectivity index (χ4n) is 1.62. The van der Waals surface area contributed by atoms with Gasteiger partial charge in [0, 0.05) is 12.3 Å². The summed E-state index contributed by atoms with van der Waals surface area (Å²) in [6, 6.07) is 7.17. The second-order valence-corrected chi connectivity index (χ2v) is 4.65. The van der Waals surface area contributed by atoms with Crippen LogP contribution in [0.5, 0.6) is 5.75 Å². The third-order valence-corrected chi connectivity index (χ3v) is 3.47. The van der Waals surface area contributed by atoms with Gasteiger partial charge in [0.15, 0.2) is 11.0 Å². The number of hydrogen-bond acceptors (Lipinski definition) is 3. The first-order valence-electron chi connectivity index (χ1n) is 4.66. The molecule has 3 heterocycles. The highest BCUT2D eigenvalue weighted by Crippen LogP contribution is 2.30. The van der Waals surface area contributed by atoms with Crippen molar-refractivity contribution in [2.24, 2.45) is 0 Å². The Kier molecular flexibility index (Phi) is 2.12. The van der Waals surface area contributed by atoms with Crippen molar-refractivity contribution in [3.63, 3.8) is 0 Å². The Labute approximate surface area is 101 Å². The van der Waals surface area contributed by atoms with Crippen LogP contribution in [0.1, 0.15) is 0 Å². The normalized spacial score (nSPS) is 11.1. The molecule has 0 unspecified atom stereocenters. The lowest BCUT2D eigenvalue weighted by Gasteiger charge is -1.98. The SMILES string of the molecule is Oc1ccn2c(-c3cccs3)nc(Cl)c2c1. The van der Waals surface area contributed by atoms with E-state index < -0.39 is 0 Å². The van der Waals surface area contributed by atoms with Crippen LogP contribution in [0.3, 0.4) is 0 Å². The molecule has 3 aromatic heterocycles. The summed E-state index contributed by atoms with van der Waals surface area (Å²) in [5.41, 5.74) is 0.713. The molecular weight excluding hydrogens is 244 g/mol. The zero-order valence-electron chi connectivity index (χ0n) is 8.09. The first kappa shape index (κ1) is 9.69. The number of aromatic nitrogens is 2. The first-order valence-corrected chi connectivity index (χ1v) is 5.92. The van der Waals surface area contributed by atoms with Gasteiger partial charge in [-0.1, -0.05) is 17.7 Å². The number of imidazole rings is 1. The summed E-state index contributed by atoms with van der Waals surface area (Å²) >= 11 is 7.63. The van der Waals surface area contributed by atoms with Crippen molar-refractivity contribution < 1.29 is 5.11 Å². The van der Waals surface area contributed by atoms with Crippen LogP contribution in [0.4, 0.5) is 0 Å². The van der Waals surface area contributed by atoms with E-state index in [1.807, 2.05) is 21.9 Å². The number of aromatic hydroxyl groups is 1. The number of hydrogen-bond donors (Lipinski definition) is 1. The molecule has 80 valence electrons. The van der Waals surface area contributed by atoms with Crippen LogP contribution in [0, 0.1) is 0 Å². The van der Waals surface area contributed by atoms with Gasteiger partial charge in [0.1, 0.15) is 5.75 Å². The van der Waals surface area contributed by atoms with E-state index in [9.17, 15) is 5.11 Å². The van der Waals surface area contributed by atoms with E-state index >= 15 is 0 Å². The standard InChI is InChI=1S/C11H7ClN2OS/c12-10-8-6-7(15)3-4-14(8)11(13-10)9-2-1-5-16-9/h1-6,15H.